The Kier molecular flexibility index (Phi) is 3.43. The summed E-state index contributed by atoms with van der Waals surface area (Å²) in [5.74, 6) is 0. The number of aryl methyl sites for hydroxylation is 1. The Bertz CT molecular complexity index is 352. The van der Waals surface area contributed by atoms with Gasteiger partial charge in [-0.1, -0.05) is 0 Å². The van der Waals surface area contributed by atoms with Crippen LogP contribution in [0.4, 0.5) is 5.69 Å². The van der Waals surface area contributed by atoms with Crippen LogP contribution >= 0.6 is 0 Å². The third kappa shape index (κ3) is 3.04. The number of nitriles is 1. The molecular formula is C10H14N4. The van der Waals surface area contributed by atoms with Gasteiger partial charge in [0.15, 0.2) is 0 Å². The average molecular weight is 190 g/mol. The van der Waals surface area contributed by atoms with Crippen LogP contribution in [0.25, 0.3) is 0 Å². The molecule has 1 aromatic heterocycles. The highest BCUT2D eigenvalue weighted by molar-refractivity contribution is 5.47. The highest BCUT2D eigenvalue weighted by atomic mass is 14.9. The fourth-order valence-electron chi connectivity index (χ4n) is 1.11. The molecule has 4 heteroatoms. The SMILES string of the molecule is Cc1cc(NCC(C)N)cc(C#N)n1. The number of hydrogen-bond donors (Lipinski definition) is 2. The van der Waals surface area contributed by atoms with Crippen LogP contribution in [0, 0.1) is 18.3 Å². The Balaban J connectivity index is 2.78. The predicted octanol–water partition coefficient (Wildman–Crippen LogP) is 1.02. The predicted molar refractivity (Wildman–Crippen MR) is 55.8 cm³/mol. The van der Waals surface area contributed by atoms with Crippen LogP contribution in [0.1, 0.15) is 18.3 Å². The molecule has 14 heavy (non-hydrogen) atoms. The van der Waals surface area contributed by atoms with E-state index < -0.39 is 0 Å². The van der Waals surface area contributed by atoms with E-state index in [1.54, 1.807) is 6.07 Å². The first kappa shape index (κ1) is 10.5. The van der Waals surface area contributed by atoms with Crippen molar-refractivity contribution in [1.29, 1.82) is 5.26 Å². The molecule has 0 aromatic carbocycles. The minimum atomic E-state index is 0.0917. The topological polar surface area (TPSA) is 74.7 Å². The molecule has 0 fully saturated rings. The molecule has 0 amide bonds. The van der Waals surface area contributed by atoms with Gasteiger partial charge in [0.05, 0.1) is 0 Å². The van der Waals surface area contributed by atoms with E-state index >= 15 is 0 Å². The maximum atomic E-state index is 8.70. The Labute approximate surface area is 83.8 Å². The first-order valence-corrected chi connectivity index (χ1v) is 4.50. The van der Waals surface area contributed by atoms with Crippen molar-refractivity contribution in [3.63, 3.8) is 0 Å². The van der Waals surface area contributed by atoms with E-state index in [1.807, 2.05) is 26.0 Å². The zero-order chi connectivity index (χ0) is 10.6. The van der Waals surface area contributed by atoms with E-state index in [0.717, 1.165) is 11.4 Å². The van der Waals surface area contributed by atoms with Gasteiger partial charge in [-0.15, -0.1) is 0 Å². The standard InChI is InChI=1S/C10H14N4/c1-7(12)6-13-9-3-8(2)14-10(4-9)5-11/h3-4,7H,6,12H2,1-2H3,(H,13,14). The summed E-state index contributed by atoms with van der Waals surface area (Å²) in [5, 5.41) is 11.8. The van der Waals surface area contributed by atoms with Crippen molar-refractivity contribution in [2.24, 2.45) is 5.73 Å². The molecule has 0 saturated carbocycles. The second kappa shape index (κ2) is 4.58. The second-order valence-electron chi connectivity index (χ2n) is 3.35. The van der Waals surface area contributed by atoms with Gasteiger partial charge >= 0.3 is 0 Å². The van der Waals surface area contributed by atoms with Gasteiger partial charge in [-0.25, -0.2) is 4.98 Å². The van der Waals surface area contributed by atoms with Crippen LogP contribution in [0.3, 0.4) is 0 Å². The van der Waals surface area contributed by atoms with Crippen LogP contribution in [-0.4, -0.2) is 17.6 Å². The molecule has 1 heterocycles. The lowest BCUT2D eigenvalue weighted by Crippen LogP contribution is -2.25. The van der Waals surface area contributed by atoms with E-state index in [4.69, 9.17) is 11.0 Å². The molecule has 0 saturated heterocycles. The van der Waals surface area contributed by atoms with Gasteiger partial charge in [0.2, 0.25) is 0 Å². The zero-order valence-electron chi connectivity index (χ0n) is 8.41. The molecule has 4 nitrogen and oxygen atoms in total. The quantitative estimate of drug-likeness (QED) is 0.746. The van der Waals surface area contributed by atoms with Crippen molar-refractivity contribution in [2.45, 2.75) is 19.9 Å². The monoisotopic (exact) mass is 190 g/mol. The van der Waals surface area contributed by atoms with Gasteiger partial charge in [-0.3, -0.25) is 0 Å². The summed E-state index contributed by atoms with van der Waals surface area (Å²) >= 11 is 0. The summed E-state index contributed by atoms with van der Waals surface area (Å²) in [6, 6.07) is 5.71. The highest BCUT2D eigenvalue weighted by Gasteiger charge is 1.99. The van der Waals surface area contributed by atoms with Crippen molar-refractivity contribution in [1.82, 2.24) is 4.98 Å². The van der Waals surface area contributed by atoms with Crippen molar-refractivity contribution in [2.75, 3.05) is 11.9 Å². The summed E-state index contributed by atoms with van der Waals surface area (Å²) in [7, 11) is 0. The average Bonchev–Trinajstić information content (AvgIpc) is 2.14. The lowest BCUT2D eigenvalue weighted by molar-refractivity contribution is 0.780. The van der Waals surface area contributed by atoms with Crippen molar-refractivity contribution < 1.29 is 0 Å². The van der Waals surface area contributed by atoms with Gasteiger partial charge in [0.1, 0.15) is 11.8 Å². The van der Waals surface area contributed by atoms with Crippen LogP contribution in [-0.2, 0) is 0 Å². The summed E-state index contributed by atoms with van der Waals surface area (Å²) < 4.78 is 0. The summed E-state index contributed by atoms with van der Waals surface area (Å²) in [5.41, 5.74) is 7.76. The summed E-state index contributed by atoms with van der Waals surface area (Å²) in [6.07, 6.45) is 0. The van der Waals surface area contributed by atoms with Gasteiger partial charge in [0, 0.05) is 24.0 Å². The first-order valence-electron chi connectivity index (χ1n) is 4.50. The van der Waals surface area contributed by atoms with Gasteiger partial charge < -0.3 is 11.1 Å². The van der Waals surface area contributed by atoms with Crippen LogP contribution in [0.5, 0.6) is 0 Å². The molecule has 1 unspecified atom stereocenters. The minimum Gasteiger partial charge on any atom is -0.383 e. The Morgan fingerprint density at radius 1 is 1.64 bits per heavy atom. The third-order valence-corrected chi connectivity index (χ3v) is 1.70. The van der Waals surface area contributed by atoms with Crippen LogP contribution < -0.4 is 11.1 Å². The molecule has 0 radical (unpaired) electrons. The normalized spacial score (nSPS) is 11.9. The molecule has 0 bridgehead atoms. The lowest BCUT2D eigenvalue weighted by Gasteiger charge is -2.09. The van der Waals surface area contributed by atoms with E-state index in [1.165, 1.54) is 0 Å². The first-order chi connectivity index (χ1) is 6.61. The van der Waals surface area contributed by atoms with Gasteiger partial charge in [0.25, 0.3) is 0 Å². The molecule has 1 aromatic rings. The second-order valence-corrected chi connectivity index (χ2v) is 3.35. The van der Waals surface area contributed by atoms with Crippen molar-refractivity contribution in [3.05, 3.63) is 23.5 Å². The number of aromatic nitrogens is 1. The Morgan fingerprint density at radius 3 is 2.93 bits per heavy atom. The van der Waals surface area contributed by atoms with E-state index in [-0.39, 0.29) is 6.04 Å². The molecule has 1 atom stereocenters. The number of anilines is 1. The molecule has 0 aliphatic carbocycles. The van der Waals surface area contributed by atoms with Crippen molar-refractivity contribution >= 4 is 5.69 Å². The maximum Gasteiger partial charge on any atom is 0.142 e. The molecule has 0 aliphatic rings. The minimum absolute atomic E-state index is 0.0917. The fourth-order valence-corrected chi connectivity index (χ4v) is 1.11. The largest absolute Gasteiger partial charge is 0.383 e. The number of hydrogen-bond acceptors (Lipinski definition) is 4. The Morgan fingerprint density at radius 2 is 2.36 bits per heavy atom. The third-order valence-electron chi connectivity index (χ3n) is 1.70. The van der Waals surface area contributed by atoms with Gasteiger partial charge in [-0.05, 0) is 26.0 Å². The number of nitrogens with two attached hydrogens (primary N) is 1. The number of nitrogens with one attached hydrogen (secondary N) is 1. The van der Waals surface area contributed by atoms with Crippen LogP contribution in [0.15, 0.2) is 12.1 Å². The molecule has 0 spiro atoms. The van der Waals surface area contributed by atoms with E-state index in [2.05, 4.69) is 10.3 Å². The molecular weight excluding hydrogens is 176 g/mol. The smallest absolute Gasteiger partial charge is 0.142 e. The Hall–Kier alpha value is -1.60. The van der Waals surface area contributed by atoms with Crippen molar-refractivity contribution in [3.8, 4) is 6.07 Å². The lowest BCUT2D eigenvalue weighted by atomic mass is 10.2. The summed E-state index contributed by atoms with van der Waals surface area (Å²) in [6.45, 7) is 4.47. The number of nitrogens with zero attached hydrogens (tertiary/aromatic N) is 2. The zero-order valence-corrected chi connectivity index (χ0v) is 8.41. The molecule has 0 aliphatic heterocycles. The molecule has 1 rings (SSSR count). The summed E-state index contributed by atoms with van der Waals surface area (Å²) in [4.78, 5) is 4.05. The number of rotatable bonds is 3. The highest BCUT2D eigenvalue weighted by Crippen LogP contribution is 2.10. The fraction of sp³-hybridized carbons (Fsp3) is 0.400. The molecule has 74 valence electrons. The maximum absolute atomic E-state index is 8.70. The van der Waals surface area contributed by atoms with Gasteiger partial charge in [-0.2, -0.15) is 5.26 Å². The van der Waals surface area contributed by atoms with E-state index in [9.17, 15) is 0 Å². The van der Waals surface area contributed by atoms with Crippen LogP contribution in [0.2, 0.25) is 0 Å². The number of pyridine rings is 1. The molecule has 3 N–H and O–H groups in total. The van der Waals surface area contributed by atoms with E-state index in [0.29, 0.717) is 12.2 Å².